The molecule has 11 atom stereocenters. The average molecular weight is 1160 g/mol. The van der Waals surface area contributed by atoms with Crippen LogP contribution in [-0.2, 0) is 68.7 Å². The van der Waals surface area contributed by atoms with E-state index >= 15 is 0 Å². The van der Waals surface area contributed by atoms with Crippen LogP contribution in [0.15, 0.2) is 30.3 Å². The monoisotopic (exact) mass is 1160 g/mol. The summed E-state index contributed by atoms with van der Waals surface area (Å²) in [6, 6.07) is -5.56. The highest BCUT2D eigenvalue weighted by atomic mass is 32.1. The Morgan fingerprint density at radius 1 is 0.544 bits per heavy atom. The number of carboxylic acids is 1. The summed E-state index contributed by atoms with van der Waals surface area (Å²) >= 11 is 8.02. The van der Waals surface area contributed by atoms with Crippen LogP contribution in [0.2, 0.25) is 0 Å². The maximum Gasteiger partial charge on any atom is 0.303 e. The molecule has 0 bridgehead atoms. The number of rotatable bonds is 37. The highest BCUT2D eigenvalue weighted by Crippen LogP contribution is 2.11. The molecule has 0 aromatic heterocycles. The van der Waals surface area contributed by atoms with Crippen molar-refractivity contribution in [2.75, 3.05) is 24.6 Å². The highest BCUT2D eigenvalue weighted by molar-refractivity contribution is 7.80. The number of primary amides is 2. The lowest BCUT2D eigenvalue weighted by Crippen LogP contribution is -2.61. The fraction of sp³-hybridized carbons (Fsp3) is 0.604. The van der Waals surface area contributed by atoms with Gasteiger partial charge in [0, 0.05) is 31.3 Å². The van der Waals surface area contributed by atoms with E-state index in [4.69, 9.17) is 17.2 Å². The summed E-state index contributed by atoms with van der Waals surface area (Å²) in [7, 11) is 0. The number of carbonyl (C=O) groups excluding carboxylic acids is 12. The lowest BCUT2D eigenvalue weighted by atomic mass is 10.0. The Hall–Kier alpha value is -7.09. The number of nitrogens with two attached hydrogens (primary N) is 3. The van der Waals surface area contributed by atoms with E-state index in [2.05, 4.69) is 78.4 Å². The number of amides is 12. The Morgan fingerprint density at radius 3 is 1.48 bits per heavy atom. The molecule has 0 saturated heterocycles. The van der Waals surface area contributed by atoms with E-state index in [0.717, 1.165) is 6.92 Å². The van der Waals surface area contributed by atoms with Crippen molar-refractivity contribution in [3.8, 4) is 0 Å². The third-order valence-corrected chi connectivity index (χ3v) is 12.2. The number of aliphatic hydroxyl groups excluding tert-OH is 2. The van der Waals surface area contributed by atoms with E-state index in [1.807, 2.05) is 0 Å². The lowest BCUT2D eigenvalue weighted by Gasteiger charge is -2.28. The number of carboxylic acid groups (broad SMARTS) is 1. The molecule has 0 saturated carbocycles. The zero-order valence-electron chi connectivity index (χ0n) is 44.6. The number of aliphatic carboxylic acids is 1. The van der Waals surface area contributed by atoms with Gasteiger partial charge in [0.05, 0.1) is 25.2 Å². The molecule has 0 aliphatic carbocycles. The number of hydrogen-bond acceptors (Lipinski definition) is 18. The average Bonchev–Trinajstić information content (AvgIpc) is 3.36. The number of nitrogens with one attached hydrogen (secondary N) is 10. The molecule has 442 valence electrons. The minimum absolute atomic E-state index is 0.0284. The van der Waals surface area contributed by atoms with Crippen LogP contribution in [0.1, 0.15) is 85.1 Å². The third kappa shape index (κ3) is 26.9. The molecule has 0 fully saturated rings. The van der Waals surface area contributed by atoms with E-state index in [1.54, 1.807) is 44.2 Å². The quantitative estimate of drug-likeness (QED) is 0.0218. The number of carbonyl (C=O) groups is 13. The second-order valence-electron chi connectivity index (χ2n) is 18.8. The van der Waals surface area contributed by atoms with Crippen LogP contribution < -0.4 is 70.4 Å². The SMILES string of the molecule is CC(=O)N[C@@H](CS)C(=O)N[C@H](C(=O)N[C@@H](Cc1ccccc1)C(=O)N[C@@H](CCC(=O)O)C(=O)NCC(=O)N[C@@H](CC(N)=O)C(=O)N[C@@H](CCCCN)C(=O)N[C@@H](CC(C)C)C(=O)N[C@H](C(=O)N[C@@H](CS)C(N)=O)[C@@H](C)O)[C@@H](C)O. The predicted octanol–water partition coefficient (Wildman–Crippen LogP) is -6.25. The van der Waals surface area contributed by atoms with Gasteiger partial charge in [-0.1, -0.05) is 44.2 Å². The summed E-state index contributed by atoms with van der Waals surface area (Å²) in [4.78, 5) is 169. The van der Waals surface area contributed by atoms with E-state index in [-0.39, 0.29) is 49.7 Å². The molecule has 1 aromatic rings. The van der Waals surface area contributed by atoms with Gasteiger partial charge in [-0.2, -0.15) is 25.3 Å². The number of unbranched alkanes of at least 4 members (excludes halogenated alkanes) is 1. The van der Waals surface area contributed by atoms with Crippen molar-refractivity contribution in [2.24, 2.45) is 23.1 Å². The molecule has 0 spiro atoms. The highest BCUT2D eigenvalue weighted by Gasteiger charge is 2.36. The Morgan fingerprint density at radius 2 is 1.01 bits per heavy atom. The Bertz CT molecular complexity index is 2280. The first-order chi connectivity index (χ1) is 37.0. The van der Waals surface area contributed by atoms with Gasteiger partial charge in [0.1, 0.15) is 54.4 Å². The fourth-order valence-corrected chi connectivity index (χ4v) is 7.84. The molecule has 19 N–H and O–H groups in total. The van der Waals surface area contributed by atoms with Crippen LogP contribution in [0.4, 0.5) is 0 Å². The fourth-order valence-electron chi connectivity index (χ4n) is 7.31. The molecular formula is C48H77N13O16S2. The summed E-state index contributed by atoms with van der Waals surface area (Å²) in [6.45, 7) is 6.16. The molecule has 31 heteroatoms. The van der Waals surface area contributed by atoms with E-state index in [9.17, 15) is 77.6 Å². The largest absolute Gasteiger partial charge is 0.481 e. The number of benzene rings is 1. The smallest absolute Gasteiger partial charge is 0.303 e. The molecule has 79 heavy (non-hydrogen) atoms. The molecule has 29 nitrogen and oxygen atoms in total. The molecule has 1 aromatic carbocycles. The zero-order valence-corrected chi connectivity index (χ0v) is 46.4. The van der Waals surface area contributed by atoms with Crippen LogP contribution in [-0.4, -0.2) is 183 Å². The predicted molar refractivity (Wildman–Crippen MR) is 290 cm³/mol. The molecular weight excluding hydrogens is 1080 g/mol. The van der Waals surface area contributed by atoms with Gasteiger partial charge >= 0.3 is 5.97 Å². The van der Waals surface area contributed by atoms with Crippen LogP contribution >= 0.6 is 25.3 Å². The third-order valence-electron chi connectivity index (χ3n) is 11.4. The Kier molecular flexibility index (Phi) is 32.0. The molecule has 12 amide bonds. The second kappa shape index (κ2) is 36.2. The second-order valence-corrected chi connectivity index (χ2v) is 19.6. The van der Waals surface area contributed by atoms with Gasteiger partial charge in [-0.05, 0) is 64.0 Å². The lowest BCUT2D eigenvalue weighted by molar-refractivity contribution is -0.138. The maximum atomic E-state index is 14.0. The van der Waals surface area contributed by atoms with E-state index in [0.29, 0.717) is 12.0 Å². The minimum Gasteiger partial charge on any atom is -0.481 e. The first-order valence-electron chi connectivity index (χ1n) is 25.1. The summed E-state index contributed by atoms with van der Waals surface area (Å²) in [5.41, 5.74) is 16.9. The standard InChI is InChI=1S/C48H77N13O16S2/c1-23(2)17-30(45(74)60-39(25(4)63)48(77)59-33(21-78)40(51)69)57-42(71)28(13-9-10-16-49)55-44(73)32(19-35(50)65)54-36(66)20-52-41(70)29(14-15-37(67)68)56-43(72)31(18-27-11-7-6-8-12-27)58-47(76)38(24(3)62)61-46(75)34(22-79)53-26(5)64/h6-8,11-12,23-25,28-34,38-39,62-63,78-79H,9-10,13-22,49H2,1-5H3,(H2,50,65)(H2,51,69)(H,52,70)(H,53,64)(H,54,66)(H,55,73)(H,56,72)(H,57,71)(H,58,76)(H,59,77)(H,60,74)(H,61,75)(H,67,68)/t24-,25-,28+,29+,30+,31+,32+,33+,34+,38+,39+/m1/s1. The van der Waals surface area contributed by atoms with Crippen LogP contribution in [0, 0.1) is 5.92 Å². The van der Waals surface area contributed by atoms with Gasteiger partial charge in [0.2, 0.25) is 70.9 Å². The van der Waals surface area contributed by atoms with Crippen molar-refractivity contribution in [1.82, 2.24) is 53.2 Å². The normalized spacial score (nSPS) is 15.2. The maximum absolute atomic E-state index is 14.0. The number of hydrogen-bond donors (Lipinski definition) is 18. The van der Waals surface area contributed by atoms with Crippen LogP contribution in [0.3, 0.4) is 0 Å². The summed E-state index contributed by atoms with van der Waals surface area (Å²) in [5, 5.41) is 53.9. The van der Waals surface area contributed by atoms with Crippen molar-refractivity contribution in [3.05, 3.63) is 35.9 Å². The molecule has 1 rings (SSSR count). The first-order valence-corrected chi connectivity index (χ1v) is 26.4. The van der Waals surface area contributed by atoms with Crippen molar-refractivity contribution in [1.29, 1.82) is 0 Å². The van der Waals surface area contributed by atoms with Gasteiger partial charge < -0.3 is 85.7 Å². The molecule has 0 aliphatic rings. The first kappa shape index (κ1) is 69.9. The number of thiol groups is 2. The van der Waals surface area contributed by atoms with Crippen molar-refractivity contribution >= 4 is 102 Å². The Balaban J connectivity index is 3.40. The molecule has 0 aliphatic heterocycles. The van der Waals surface area contributed by atoms with Gasteiger partial charge in [-0.25, -0.2) is 0 Å². The van der Waals surface area contributed by atoms with Crippen LogP contribution in [0.5, 0.6) is 0 Å². The van der Waals surface area contributed by atoms with Gasteiger partial charge in [0.15, 0.2) is 0 Å². The van der Waals surface area contributed by atoms with Crippen molar-refractivity contribution in [3.63, 3.8) is 0 Å². The van der Waals surface area contributed by atoms with Crippen LogP contribution in [0.25, 0.3) is 0 Å². The summed E-state index contributed by atoms with van der Waals surface area (Å²) in [6.07, 6.45) is -4.94. The van der Waals surface area contributed by atoms with E-state index in [1.165, 1.54) is 13.8 Å². The molecule has 0 unspecified atom stereocenters. The topological polar surface area (TPSA) is 481 Å². The van der Waals surface area contributed by atoms with Crippen molar-refractivity contribution in [2.45, 2.75) is 153 Å². The molecule has 0 heterocycles. The zero-order chi connectivity index (χ0) is 60.1. The molecule has 0 radical (unpaired) electrons. The van der Waals surface area contributed by atoms with E-state index < -0.39 is 169 Å². The summed E-state index contributed by atoms with van der Waals surface area (Å²) < 4.78 is 0. The van der Waals surface area contributed by atoms with Gasteiger partial charge in [-0.15, -0.1) is 0 Å². The Labute approximate surface area is 467 Å². The number of aliphatic hydroxyl groups is 2. The van der Waals surface area contributed by atoms with Crippen molar-refractivity contribution < 1.29 is 77.6 Å². The van der Waals surface area contributed by atoms with Gasteiger partial charge in [0.25, 0.3) is 0 Å². The summed E-state index contributed by atoms with van der Waals surface area (Å²) in [5.74, 6) is -13.9. The van der Waals surface area contributed by atoms with Gasteiger partial charge in [-0.3, -0.25) is 62.3 Å². The minimum atomic E-state index is -1.79.